The number of thioether (sulfide) groups is 1. The average molecular weight is 441 g/mol. The van der Waals surface area contributed by atoms with Crippen molar-refractivity contribution in [1.82, 2.24) is 20.1 Å². The van der Waals surface area contributed by atoms with Crippen molar-refractivity contribution in [3.05, 3.63) is 52.2 Å². The van der Waals surface area contributed by atoms with E-state index >= 15 is 0 Å². The number of aryl methyl sites for hydroxylation is 2. The summed E-state index contributed by atoms with van der Waals surface area (Å²) < 4.78 is 16.9. The molecule has 1 unspecified atom stereocenters. The van der Waals surface area contributed by atoms with Crippen LogP contribution >= 0.6 is 23.1 Å². The quantitative estimate of drug-likeness (QED) is 0.319. The molecule has 30 heavy (non-hydrogen) atoms. The van der Waals surface area contributed by atoms with Gasteiger partial charge < -0.3 is 14.0 Å². The van der Waals surface area contributed by atoms with E-state index in [1.54, 1.807) is 36.5 Å². The second-order valence-corrected chi connectivity index (χ2v) is 9.29. The highest BCUT2D eigenvalue weighted by molar-refractivity contribution is 7.98. The number of hydrogen-bond donors (Lipinski definition) is 0. The number of nitrogens with zero attached hydrogens (tertiary/aromatic N) is 4. The van der Waals surface area contributed by atoms with Crippen LogP contribution in [0.5, 0.6) is 11.5 Å². The van der Waals surface area contributed by atoms with Crippen molar-refractivity contribution in [2.45, 2.75) is 43.6 Å². The molecule has 1 aromatic carbocycles. The van der Waals surface area contributed by atoms with Gasteiger partial charge in [0, 0.05) is 28.7 Å². The molecule has 0 aliphatic carbocycles. The molecule has 154 valence electrons. The first-order chi connectivity index (χ1) is 14.6. The van der Waals surface area contributed by atoms with E-state index in [1.165, 1.54) is 10.4 Å². The first-order valence-electron chi connectivity index (χ1n) is 9.60. The third-order valence-corrected chi connectivity index (χ3v) is 7.31. The van der Waals surface area contributed by atoms with E-state index in [-0.39, 0.29) is 6.10 Å². The summed E-state index contributed by atoms with van der Waals surface area (Å²) in [7, 11) is 1.68. The molecule has 5 rings (SSSR count). The molecular weight excluding hydrogens is 420 g/mol. The molecule has 3 aromatic heterocycles. The van der Waals surface area contributed by atoms with Crippen LogP contribution in [0.3, 0.4) is 0 Å². The molecule has 4 aromatic rings. The van der Waals surface area contributed by atoms with Crippen LogP contribution in [-0.4, -0.2) is 33.3 Å². The minimum absolute atomic E-state index is 0.0210. The molecule has 1 aliphatic heterocycles. The maximum Gasteiger partial charge on any atom is 0.237 e. The van der Waals surface area contributed by atoms with Gasteiger partial charge in [-0.2, -0.15) is 4.98 Å². The molecule has 4 heterocycles. The summed E-state index contributed by atoms with van der Waals surface area (Å²) in [5.41, 5.74) is 2.33. The van der Waals surface area contributed by atoms with Gasteiger partial charge in [-0.15, -0.1) is 11.3 Å². The maximum absolute atomic E-state index is 6.03. The van der Waals surface area contributed by atoms with Crippen LogP contribution in [0.1, 0.15) is 27.7 Å². The van der Waals surface area contributed by atoms with E-state index in [0.29, 0.717) is 23.9 Å². The minimum atomic E-state index is -0.0210. The first kappa shape index (κ1) is 19.3. The first-order valence-corrected chi connectivity index (χ1v) is 11.4. The normalized spacial score (nSPS) is 15.4. The third kappa shape index (κ3) is 3.52. The fourth-order valence-corrected chi connectivity index (χ4v) is 5.59. The van der Waals surface area contributed by atoms with Gasteiger partial charge in [-0.05, 0) is 31.5 Å². The molecule has 1 aliphatic rings. The SMILES string of the molecule is COc1cccc2c1CC(Cc1noc(CSc3ncnc4sc(C)c(C)c34)n1)O2. The van der Waals surface area contributed by atoms with Crippen molar-refractivity contribution in [3.8, 4) is 11.5 Å². The fourth-order valence-electron chi connectivity index (χ4n) is 3.64. The summed E-state index contributed by atoms with van der Waals surface area (Å²) in [6.45, 7) is 4.22. The zero-order valence-corrected chi connectivity index (χ0v) is 18.5. The monoisotopic (exact) mass is 440 g/mol. The van der Waals surface area contributed by atoms with Gasteiger partial charge >= 0.3 is 0 Å². The molecule has 0 saturated heterocycles. The predicted molar refractivity (Wildman–Crippen MR) is 116 cm³/mol. The number of benzene rings is 1. The number of ether oxygens (including phenoxy) is 2. The molecule has 0 amide bonds. The van der Waals surface area contributed by atoms with E-state index < -0.39 is 0 Å². The summed E-state index contributed by atoms with van der Waals surface area (Å²) in [5.74, 6) is 3.52. The van der Waals surface area contributed by atoms with Gasteiger partial charge in [-0.25, -0.2) is 9.97 Å². The van der Waals surface area contributed by atoms with Crippen LogP contribution in [0.25, 0.3) is 10.2 Å². The van der Waals surface area contributed by atoms with Crippen molar-refractivity contribution in [1.29, 1.82) is 0 Å². The second-order valence-electron chi connectivity index (χ2n) is 7.12. The Morgan fingerprint density at radius 2 is 2.17 bits per heavy atom. The Morgan fingerprint density at radius 1 is 1.27 bits per heavy atom. The molecular formula is C21H20N4O3S2. The molecule has 1 atom stereocenters. The summed E-state index contributed by atoms with van der Waals surface area (Å²) >= 11 is 3.29. The van der Waals surface area contributed by atoms with Gasteiger partial charge in [0.25, 0.3) is 0 Å². The van der Waals surface area contributed by atoms with Crippen LogP contribution in [0.2, 0.25) is 0 Å². The lowest BCUT2D eigenvalue weighted by Crippen LogP contribution is -2.17. The van der Waals surface area contributed by atoms with Gasteiger partial charge in [0.15, 0.2) is 5.82 Å². The Balaban J connectivity index is 1.25. The van der Waals surface area contributed by atoms with Crippen molar-refractivity contribution >= 4 is 33.3 Å². The zero-order valence-electron chi connectivity index (χ0n) is 16.8. The molecule has 0 bridgehead atoms. The molecule has 0 saturated carbocycles. The molecule has 0 radical (unpaired) electrons. The van der Waals surface area contributed by atoms with Crippen molar-refractivity contribution in [3.63, 3.8) is 0 Å². The largest absolute Gasteiger partial charge is 0.496 e. The number of thiophene rings is 1. The maximum atomic E-state index is 6.03. The molecule has 7 nitrogen and oxygen atoms in total. The third-order valence-electron chi connectivity index (χ3n) is 5.22. The van der Waals surface area contributed by atoms with Crippen LogP contribution in [-0.2, 0) is 18.6 Å². The number of rotatable bonds is 6. The Hall–Kier alpha value is -2.65. The summed E-state index contributed by atoms with van der Waals surface area (Å²) in [5, 5.41) is 6.21. The zero-order chi connectivity index (χ0) is 20.7. The molecule has 9 heteroatoms. The average Bonchev–Trinajstić information content (AvgIpc) is 3.44. The lowest BCUT2D eigenvalue weighted by molar-refractivity contribution is 0.228. The Bertz CT molecular complexity index is 1220. The highest BCUT2D eigenvalue weighted by Gasteiger charge is 2.27. The van der Waals surface area contributed by atoms with Crippen LogP contribution < -0.4 is 9.47 Å². The highest BCUT2D eigenvalue weighted by Crippen LogP contribution is 2.37. The van der Waals surface area contributed by atoms with Crippen LogP contribution in [0.15, 0.2) is 34.1 Å². The molecule has 0 fully saturated rings. The van der Waals surface area contributed by atoms with Crippen molar-refractivity contribution in [2.75, 3.05) is 7.11 Å². The number of fused-ring (bicyclic) bond motifs is 2. The summed E-state index contributed by atoms with van der Waals surface area (Å²) in [4.78, 5) is 15.7. The fraction of sp³-hybridized carbons (Fsp3) is 0.333. The van der Waals surface area contributed by atoms with Crippen molar-refractivity contribution in [2.24, 2.45) is 0 Å². The van der Waals surface area contributed by atoms with Crippen LogP contribution in [0.4, 0.5) is 0 Å². The van der Waals surface area contributed by atoms with E-state index in [0.717, 1.165) is 38.7 Å². The number of methoxy groups -OCH3 is 1. The van der Waals surface area contributed by atoms with Crippen molar-refractivity contribution < 1.29 is 14.0 Å². The second kappa shape index (κ2) is 7.88. The standard InChI is InChI=1S/C21H20N4O3S2/c1-11-12(2)30-21-19(11)20(22-10-23-21)29-9-18-24-17(25-28-18)8-13-7-14-15(26-3)5-4-6-16(14)27-13/h4-6,10,13H,7-9H2,1-3H3. The lowest BCUT2D eigenvalue weighted by atomic mass is 10.1. The Morgan fingerprint density at radius 3 is 3.03 bits per heavy atom. The summed E-state index contributed by atoms with van der Waals surface area (Å²) in [6.07, 6.45) is 2.95. The van der Waals surface area contributed by atoms with Gasteiger partial charge in [-0.1, -0.05) is 23.0 Å². The van der Waals surface area contributed by atoms with E-state index in [9.17, 15) is 0 Å². The topological polar surface area (TPSA) is 83.2 Å². The molecule has 0 spiro atoms. The Labute approximate surface area is 181 Å². The Kier molecular flexibility index (Phi) is 5.08. The van der Waals surface area contributed by atoms with Gasteiger partial charge in [-0.3, -0.25) is 0 Å². The summed E-state index contributed by atoms with van der Waals surface area (Å²) in [6, 6.07) is 5.85. The van der Waals surface area contributed by atoms with E-state index in [1.807, 2.05) is 18.2 Å². The van der Waals surface area contributed by atoms with Gasteiger partial charge in [0.2, 0.25) is 5.89 Å². The van der Waals surface area contributed by atoms with Gasteiger partial charge in [0.05, 0.1) is 12.9 Å². The molecule has 0 N–H and O–H groups in total. The minimum Gasteiger partial charge on any atom is -0.496 e. The number of hydrogen-bond acceptors (Lipinski definition) is 9. The smallest absolute Gasteiger partial charge is 0.237 e. The van der Waals surface area contributed by atoms with Crippen LogP contribution in [0, 0.1) is 13.8 Å². The van der Waals surface area contributed by atoms with Gasteiger partial charge in [0.1, 0.15) is 33.8 Å². The highest BCUT2D eigenvalue weighted by atomic mass is 32.2. The predicted octanol–water partition coefficient (Wildman–Crippen LogP) is 4.54. The van der Waals surface area contributed by atoms with E-state index in [2.05, 4.69) is 34.0 Å². The lowest BCUT2D eigenvalue weighted by Gasteiger charge is -2.06. The number of aromatic nitrogens is 4. The van der Waals surface area contributed by atoms with E-state index in [4.69, 9.17) is 14.0 Å².